The average molecular weight is 311 g/mol. The predicted octanol–water partition coefficient (Wildman–Crippen LogP) is 1.69. The minimum Gasteiger partial charge on any atom is -0.463 e. The highest BCUT2D eigenvalue weighted by molar-refractivity contribution is 5.96. The first-order valence-corrected chi connectivity index (χ1v) is 7.58. The van der Waals surface area contributed by atoms with E-state index in [9.17, 15) is 14.4 Å². The SMILES string of the molecule is CCOC(=O)/C=C(/C(=O)OCC)N1CC(C)C(=O)CC1(C)C. The van der Waals surface area contributed by atoms with E-state index in [0.717, 1.165) is 6.08 Å². The van der Waals surface area contributed by atoms with Crippen LogP contribution < -0.4 is 0 Å². The third-order valence-electron chi connectivity index (χ3n) is 3.66. The molecule has 6 heteroatoms. The van der Waals surface area contributed by atoms with Gasteiger partial charge in [0.15, 0.2) is 0 Å². The van der Waals surface area contributed by atoms with Gasteiger partial charge < -0.3 is 14.4 Å². The smallest absolute Gasteiger partial charge is 0.354 e. The molecule has 0 spiro atoms. The second-order valence-electron chi connectivity index (χ2n) is 5.97. The van der Waals surface area contributed by atoms with Crippen LogP contribution in [-0.4, -0.2) is 47.9 Å². The molecular weight excluding hydrogens is 286 g/mol. The molecule has 0 amide bonds. The van der Waals surface area contributed by atoms with Crippen LogP contribution in [0.1, 0.15) is 41.0 Å². The summed E-state index contributed by atoms with van der Waals surface area (Å²) in [6.45, 7) is 9.76. The molecule has 0 aromatic carbocycles. The van der Waals surface area contributed by atoms with Crippen LogP contribution in [0.3, 0.4) is 0 Å². The topological polar surface area (TPSA) is 72.9 Å². The number of Topliss-reactive ketones (excluding diaryl/α,β-unsaturated/α-hetero) is 1. The first kappa shape index (κ1) is 18.2. The zero-order valence-electron chi connectivity index (χ0n) is 14.0. The van der Waals surface area contributed by atoms with Crippen LogP contribution in [-0.2, 0) is 23.9 Å². The van der Waals surface area contributed by atoms with E-state index in [2.05, 4.69) is 0 Å². The summed E-state index contributed by atoms with van der Waals surface area (Å²) in [7, 11) is 0. The van der Waals surface area contributed by atoms with Crippen molar-refractivity contribution >= 4 is 17.7 Å². The third kappa shape index (κ3) is 4.32. The molecule has 0 aromatic heterocycles. The van der Waals surface area contributed by atoms with Gasteiger partial charge in [-0.2, -0.15) is 0 Å². The number of likely N-dealkylation sites (tertiary alicyclic amines) is 1. The summed E-state index contributed by atoms with van der Waals surface area (Å²) in [5.74, 6) is -1.22. The fourth-order valence-electron chi connectivity index (χ4n) is 2.49. The number of esters is 2. The summed E-state index contributed by atoms with van der Waals surface area (Å²) < 4.78 is 9.94. The lowest BCUT2D eigenvalue weighted by Crippen LogP contribution is -2.54. The van der Waals surface area contributed by atoms with Crippen LogP contribution in [0.5, 0.6) is 0 Å². The van der Waals surface area contributed by atoms with Crippen LogP contribution in [0, 0.1) is 5.92 Å². The Morgan fingerprint density at radius 2 is 1.86 bits per heavy atom. The number of carbonyl (C=O) groups is 3. The minimum atomic E-state index is -0.592. The maximum absolute atomic E-state index is 12.2. The van der Waals surface area contributed by atoms with Gasteiger partial charge in [0.05, 0.1) is 19.3 Å². The zero-order valence-corrected chi connectivity index (χ0v) is 14.0. The molecule has 1 heterocycles. The molecule has 0 aromatic rings. The average Bonchev–Trinajstić information content (AvgIpc) is 2.40. The largest absolute Gasteiger partial charge is 0.463 e. The molecule has 1 aliphatic rings. The molecule has 6 nitrogen and oxygen atoms in total. The number of carbonyl (C=O) groups excluding carboxylic acids is 3. The Balaban J connectivity index is 3.16. The van der Waals surface area contributed by atoms with Crippen molar-refractivity contribution in [3.8, 4) is 0 Å². The van der Waals surface area contributed by atoms with E-state index in [1.807, 2.05) is 20.8 Å². The van der Waals surface area contributed by atoms with Gasteiger partial charge >= 0.3 is 11.9 Å². The van der Waals surface area contributed by atoms with Crippen LogP contribution in [0.2, 0.25) is 0 Å². The molecule has 0 N–H and O–H groups in total. The van der Waals surface area contributed by atoms with E-state index in [4.69, 9.17) is 9.47 Å². The number of ether oxygens (including phenoxy) is 2. The summed E-state index contributed by atoms with van der Waals surface area (Å²) in [5.41, 5.74) is -0.418. The molecular formula is C16H25NO5. The van der Waals surface area contributed by atoms with Crippen molar-refractivity contribution in [2.75, 3.05) is 19.8 Å². The van der Waals surface area contributed by atoms with Crippen molar-refractivity contribution in [3.63, 3.8) is 0 Å². The summed E-state index contributed by atoms with van der Waals surface area (Å²) in [6, 6.07) is 0. The number of nitrogens with zero attached hydrogens (tertiary/aromatic N) is 1. The Morgan fingerprint density at radius 3 is 2.41 bits per heavy atom. The van der Waals surface area contributed by atoms with E-state index in [-0.39, 0.29) is 30.6 Å². The maximum atomic E-state index is 12.2. The van der Waals surface area contributed by atoms with Crippen molar-refractivity contribution in [1.82, 2.24) is 4.90 Å². The first-order chi connectivity index (χ1) is 10.2. The van der Waals surface area contributed by atoms with Crippen LogP contribution >= 0.6 is 0 Å². The second kappa shape index (κ2) is 7.42. The highest BCUT2D eigenvalue weighted by Gasteiger charge is 2.41. The van der Waals surface area contributed by atoms with E-state index in [1.54, 1.807) is 18.7 Å². The zero-order chi connectivity index (χ0) is 16.9. The quantitative estimate of drug-likeness (QED) is 0.568. The Bertz CT molecular complexity index is 481. The lowest BCUT2D eigenvalue weighted by Gasteiger charge is -2.45. The van der Waals surface area contributed by atoms with E-state index < -0.39 is 17.5 Å². The molecule has 1 aliphatic heterocycles. The fraction of sp³-hybridized carbons (Fsp3) is 0.688. The number of rotatable bonds is 5. The van der Waals surface area contributed by atoms with Crippen LogP contribution in [0.15, 0.2) is 11.8 Å². The minimum absolute atomic E-state index is 0.143. The van der Waals surface area contributed by atoms with Gasteiger partial charge in [0.1, 0.15) is 11.5 Å². The highest BCUT2D eigenvalue weighted by atomic mass is 16.5. The van der Waals surface area contributed by atoms with Gasteiger partial charge in [-0.3, -0.25) is 4.79 Å². The monoisotopic (exact) mass is 311 g/mol. The van der Waals surface area contributed by atoms with Crippen LogP contribution in [0.4, 0.5) is 0 Å². The molecule has 0 saturated carbocycles. The van der Waals surface area contributed by atoms with E-state index in [0.29, 0.717) is 13.0 Å². The lowest BCUT2D eigenvalue weighted by atomic mass is 9.84. The van der Waals surface area contributed by atoms with Crippen LogP contribution in [0.25, 0.3) is 0 Å². The lowest BCUT2D eigenvalue weighted by molar-refractivity contribution is -0.145. The first-order valence-electron chi connectivity index (χ1n) is 7.58. The summed E-state index contributed by atoms with van der Waals surface area (Å²) >= 11 is 0. The predicted molar refractivity (Wildman–Crippen MR) is 80.9 cm³/mol. The molecule has 0 radical (unpaired) electrons. The maximum Gasteiger partial charge on any atom is 0.354 e. The Hall–Kier alpha value is -1.85. The molecule has 22 heavy (non-hydrogen) atoms. The second-order valence-corrected chi connectivity index (χ2v) is 5.97. The number of ketones is 1. The molecule has 0 aliphatic carbocycles. The van der Waals surface area contributed by atoms with Gasteiger partial charge in [0, 0.05) is 24.4 Å². The molecule has 124 valence electrons. The number of hydrogen-bond donors (Lipinski definition) is 0. The molecule has 1 rings (SSSR count). The van der Waals surface area contributed by atoms with Crippen molar-refractivity contribution in [2.45, 2.75) is 46.6 Å². The molecule has 0 bridgehead atoms. The summed E-state index contributed by atoms with van der Waals surface area (Å²) in [6.07, 6.45) is 1.47. The van der Waals surface area contributed by atoms with E-state index in [1.165, 1.54) is 0 Å². The van der Waals surface area contributed by atoms with Gasteiger partial charge in [-0.25, -0.2) is 9.59 Å². The summed E-state index contributed by atoms with van der Waals surface area (Å²) in [4.78, 5) is 37.7. The van der Waals surface area contributed by atoms with E-state index >= 15 is 0 Å². The normalized spacial score (nSPS) is 21.5. The van der Waals surface area contributed by atoms with Crippen molar-refractivity contribution in [2.24, 2.45) is 5.92 Å². The van der Waals surface area contributed by atoms with Gasteiger partial charge in [-0.1, -0.05) is 6.92 Å². The Labute approximate surface area is 131 Å². The van der Waals surface area contributed by atoms with Gasteiger partial charge in [-0.15, -0.1) is 0 Å². The number of hydrogen-bond acceptors (Lipinski definition) is 6. The molecule has 1 atom stereocenters. The Kier molecular flexibility index (Phi) is 6.14. The molecule has 1 fully saturated rings. The fourth-order valence-corrected chi connectivity index (χ4v) is 2.49. The van der Waals surface area contributed by atoms with Gasteiger partial charge in [0.25, 0.3) is 0 Å². The summed E-state index contributed by atoms with van der Waals surface area (Å²) in [5, 5.41) is 0. The molecule has 1 saturated heterocycles. The van der Waals surface area contributed by atoms with Crippen molar-refractivity contribution in [1.29, 1.82) is 0 Å². The van der Waals surface area contributed by atoms with Crippen molar-refractivity contribution < 1.29 is 23.9 Å². The standard InChI is InChI=1S/C16H25NO5/c1-6-21-14(19)8-12(15(20)22-7-2)17-10-11(3)13(18)9-16(17,4)5/h8,11H,6-7,9-10H2,1-5H3/b12-8-. The van der Waals surface area contributed by atoms with Gasteiger partial charge in [0.2, 0.25) is 0 Å². The Morgan fingerprint density at radius 1 is 1.27 bits per heavy atom. The van der Waals surface area contributed by atoms with Gasteiger partial charge in [-0.05, 0) is 27.7 Å². The third-order valence-corrected chi connectivity index (χ3v) is 3.66. The highest BCUT2D eigenvalue weighted by Crippen LogP contribution is 2.32. The number of piperidine rings is 1. The van der Waals surface area contributed by atoms with Crippen molar-refractivity contribution in [3.05, 3.63) is 11.8 Å². The molecule has 1 unspecified atom stereocenters.